The van der Waals surface area contributed by atoms with E-state index in [1.807, 2.05) is 25.2 Å². The fourth-order valence-electron chi connectivity index (χ4n) is 3.58. The first kappa shape index (κ1) is 18.8. The van der Waals surface area contributed by atoms with E-state index in [9.17, 15) is 0 Å². The van der Waals surface area contributed by atoms with Gasteiger partial charge in [-0.1, -0.05) is 28.1 Å². The fraction of sp³-hybridized carbons (Fsp3) is 0.333. The zero-order valence-corrected chi connectivity index (χ0v) is 17.5. The van der Waals surface area contributed by atoms with Gasteiger partial charge in [-0.2, -0.15) is 0 Å². The van der Waals surface area contributed by atoms with Crippen LogP contribution in [-0.4, -0.2) is 48.7 Å². The number of hydrogen-bond acceptors (Lipinski definition) is 3. The van der Waals surface area contributed by atoms with E-state index >= 15 is 0 Å². The molecule has 0 spiro atoms. The van der Waals surface area contributed by atoms with Crippen molar-refractivity contribution in [2.24, 2.45) is 4.99 Å². The van der Waals surface area contributed by atoms with Crippen LogP contribution >= 0.6 is 15.9 Å². The lowest BCUT2D eigenvalue weighted by molar-refractivity contribution is 0.647. The Morgan fingerprint density at radius 2 is 2.07 bits per heavy atom. The van der Waals surface area contributed by atoms with Crippen LogP contribution < -0.4 is 15.5 Å². The molecule has 1 unspecified atom stereocenters. The second-order valence-corrected chi connectivity index (χ2v) is 7.92. The number of anilines is 1. The molecule has 1 aliphatic heterocycles. The molecule has 1 atom stereocenters. The summed E-state index contributed by atoms with van der Waals surface area (Å²) < 4.78 is 1.11. The molecule has 0 aliphatic carbocycles. The van der Waals surface area contributed by atoms with Gasteiger partial charge in [0.15, 0.2) is 5.96 Å². The molecular weight excluding hydrogens is 416 g/mol. The topological polar surface area (TPSA) is 68.3 Å². The van der Waals surface area contributed by atoms with Crippen molar-refractivity contribution in [3.8, 4) is 0 Å². The number of imidazole rings is 1. The summed E-state index contributed by atoms with van der Waals surface area (Å²) >= 11 is 3.50. The average molecular weight is 441 g/mol. The molecule has 6 nitrogen and oxygen atoms in total. The van der Waals surface area contributed by atoms with E-state index in [-0.39, 0.29) is 0 Å². The zero-order valence-electron chi connectivity index (χ0n) is 16.0. The smallest absolute Gasteiger partial charge is 0.191 e. The van der Waals surface area contributed by atoms with Crippen molar-refractivity contribution < 1.29 is 0 Å². The summed E-state index contributed by atoms with van der Waals surface area (Å²) in [5, 5.41) is 6.95. The molecule has 0 amide bonds. The van der Waals surface area contributed by atoms with Gasteiger partial charge >= 0.3 is 0 Å². The average Bonchev–Trinajstić information content (AvgIpc) is 3.34. The van der Waals surface area contributed by atoms with Gasteiger partial charge in [0.1, 0.15) is 5.82 Å². The van der Waals surface area contributed by atoms with Crippen LogP contribution in [0.25, 0.3) is 11.0 Å². The summed E-state index contributed by atoms with van der Waals surface area (Å²) in [6.07, 6.45) is 1.92. The van der Waals surface area contributed by atoms with Crippen molar-refractivity contribution >= 4 is 38.6 Å². The number of hydrogen-bond donors (Lipinski definition) is 3. The molecule has 1 aliphatic rings. The number of benzene rings is 2. The molecule has 146 valence electrons. The normalized spacial score (nSPS) is 17.3. The predicted octanol–water partition coefficient (Wildman–Crippen LogP) is 3.31. The van der Waals surface area contributed by atoms with E-state index in [2.05, 4.69) is 76.8 Å². The van der Waals surface area contributed by atoms with E-state index in [0.29, 0.717) is 6.04 Å². The Bertz CT molecular complexity index is 916. The molecule has 1 saturated heterocycles. The Morgan fingerprint density at radius 1 is 1.25 bits per heavy atom. The third kappa shape index (κ3) is 4.47. The SMILES string of the molecule is CN=C(NCCc1nc2ccccc2[nH]1)NC1CCN(c2ccc(Br)cc2)C1. The number of rotatable bonds is 5. The van der Waals surface area contributed by atoms with E-state index in [1.165, 1.54) is 5.69 Å². The number of nitrogens with zero attached hydrogens (tertiary/aromatic N) is 3. The Labute approximate surface area is 173 Å². The summed E-state index contributed by atoms with van der Waals surface area (Å²) in [6.45, 7) is 2.81. The molecule has 3 N–H and O–H groups in total. The molecule has 1 aromatic heterocycles. The van der Waals surface area contributed by atoms with Crippen LogP contribution in [0.4, 0.5) is 5.69 Å². The zero-order chi connectivity index (χ0) is 19.3. The number of H-pyrrole nitrogens is 1. The van der Waals surface area contributed by atoms with Crippen molar-refractivity contribution in [2.75, 3.05) is 31.6 Å². The van der Waals surface area contributed by atoms with Crippen LogP contribution in [0.2, 0.25) is 0 Å². The lowest BCUT2D eigenvalue weighted by Gasteiger charge is -2.20. The van der Waals surface area contributed by atoms with Crippen molar-refractivity contribution in [2.45, 2.75) is 18.9 Å². The van der Waals surface area contributed by atoms with Gasteiger partial charge in [-0.05, 0) is 42.8 Å². The van der Waals surface area contributed by atoms with Gasteiger partial charge in [0.05, 0.1) is 11.0 Å². The minimum absolute atomic E-state index is 0.390. The third-order valence-electron chi connectivity index (χ3n) is 5.04. The molecule has 7 heteroatoms. The van der Waals surface area contributed by atoms with Crippen molar-refractivity contribution in [1.82, 2.24) is 20.6 Å². The third-order valence-corrected chi connectivity index (χ3v) is 5.57. The van der Waals surface area contributed by atoms with E-state index in [4.69, 9.17) is 0 Å². The highest BCUT2D eigenvalue weighted by Crippen LogP contribution is 2.22. The second-order valence-electron chi connectivity index (χ2n) is 7.00. The highest BCUT2D eigenvalue weighted by atomic mass is 79.9. The van der Waals surface area contributed by atoms with Gasteiger partial charge in [-0.25, -0.2) is 4.98 Å². The summed E-state index contributed by atoms with van der Waals surface area (Å²) in [5.41, 5.74) is 3.36. The predicted molar refractivity (Wildman–Crippen MR) is 119 cm³/mol. The molecule has 28 heavy (non-hydrogen) atoms. The van der Waals surface area contributed by atoms with Gasteiger partial charge in [0.25, 0.3) is 0 Å². The number of aromatic amines is 1. The monoisotopic (exact) mass is 440 g/mol. The van der Waals surface area contributed by atoms with Crippen LogP contribution in [0.1, 0.15) is 12.2 Å². The maximum absolute atomic E-state index is 4.62. The maximum atomic E-state index is 4.62. The van der Waals surface area contributed by atoms with Crippen molar-refractivity contribution in [3.63, 3.8) is 0 Å². The Kier molecular flexibility index (Phi) is 5.81. The van der Waals surface area contributed by atoms with Crippen LogP contribution in [0.15, 0.2) is 58.0 Å². The van der Waals surface area contributed by atoms with E-state index in [0.717, 1.165) is 59.8 Å². The van der Waals surface area contributed by atoms with E-state index in [1.54, 1.807) is 0 Å². The van der Waals surface area contributed by atoms with Gasteiger partial charge < -0.3 is 20.5 Å². The quantitative estimate of drug-likeness (QED) is 0.420. The van der Waals surface area contributed by atoms with Gasteiger partial charge in [-0.3, -0.25) is 4.99 Å². The first-order valence-corrected chi connectivity index (χ1v) is 10.4. The molecule has 3 aromatic rings. The van der Waals surface area contributed by atoms with Gasteiger partial charge in [-0.15, -0.1) is 0 Å². The summed E-state index contributed by atoms with van der Waals surface area (Å²) in [5.74, 6) is 1.84. The van der Waals surface area contributed by atoms with Crippen molar-refractivity contribution in [3.05, 3.63) is 58.8 Å². The Morgan fingerprint density at radius 3 is 2.86 bits per heavy atom. The second kappa shape index (κ2) is 8.65. The van der Waals surface area contributed by atoms with Crippen LogP contribution in [0, 0.1) is 0 Å². The lowest BCUT2D eigenvalue weighted by atomic mass is 10.2. The Balaban J connectivity index is 1.26. The minimum atomic E-state index is 0.390. The van der Waals surface area contributed by atoms with E-state index < -0.39 is 0 Å². The van der Waals surface area contributed by atoms with Crippen LogP contribution in [0.3, 0.4) is 0 Å². The summed E-state index contributed by atoms with van der Waals surface area (Å²) in [6, 6.07) is 17.0. The molecule has 2 aromatic carbocycles. The molecule has 0 radical (unpaired) electrons. The maximum Gasteiger partial charge on any atom is 0.191 e. The number of nitrogens with one attached hydrogen (secondary N) is 3. The lowest BCUT2D eigenvalue weighted by Crippen LogP contribution is -2.45. The first-order chi connectivity index (χ1) is 13.7. The molecule has 0 bridgehead atoms. The first-order valence-electron chi connectivity index (χ1n) is 9.62. The number of guanidine groups is 1. The molecular formula is C21H25BrN6. The number of para-hydroxylation sites is 2. The molecule has 4 rings (SSSR count). The summed E-state index contributed by atoms with van der Waals surface area (Å²) in [7, 11) is 1.82. The van der Waals surface area contributed by atoms with Crippen LogP contribution in [-0.2, 0) is 6.42 Å². The number of aromatic nitrogens is 2. The molecule has 1 fully saturated rings. The molecule has 2 heterocycles. The largest absolute Gasteiger partial charge is 0.369 e. The highest BCUT2D eigenvalue weighted by Gasteiger charge is 2.23. The number of fused-ring (bicyclic) bond motifs is 1. The minimum Gasteiger partial charge on any atom is -0.369 e. The fourth-order valence-corrected chi connectivity index (χ4v) is 3.84. The molecule has 0 saturated carbocycles. The standard InChI is InChI=1S/C21H25BrN6/c1-23-21(24-12-10-20-26-18-4-2-3-5-19(18)27-20)25-16-11-13-28(14-16)17-8-6-15(22)7-9-17/h2-9,16H,10-14H2,1H3,(H,26,27)(H2,23,24,25). The number of aliphatic imine (C=N–C) groups is 1. The van der Waals surface area contributed by atoms with Gasteiger partial charge in [0.2, 0.25) is 0 Å². The van der Waals surface area contributed by atoms with Gasteiger partial charge in [0, 0.05) is 49.3 Å². The number of halogens is 1. The Hall–Kier alpha value is -2.54. The summed E-state index contributed by atoms with van der Waals surface area (Å²) in [4.78, 5) is 14.8. The van der Waals surface area contributed by atoms with Crippen LogP contribution in [0.5, 0.6) is 0 Å². The van der Waals surface area contributed by atoms with Crippen molar-refractivity contribution in [1.29, 1.82) is 0 Å². The highest BCUT2D eigenvalue weighted by molar-refractivity contribution is 9.10.